The summed E-state index contributed by atoms with van der Waals surface area (Å²) in [6.45, 7) is 5.88. The second-order valence-electron chi connectivity index (χ2n) is 7.94. The van der Waals surface area contributed by atoms with Crippen LogP contribution in [0.5, 0.6) is 0 Å². The van der Waals surface area contributed by atoms with Crippen LogP contribution in [-0.2, 0) is 20.8 Å². The van der Waals surface area contributed by atoms with Crippen molar-refractivity contribution >= 4 is 17.7 Å². The first-order valence-corrected chi connectivity index (χ1v) is 11.3. The number of carbonyl (C=O) groups excluding carboxylic acids is 3. The summed E-state index contributed by atoms with van der Waals surface area (Å²) in [7, 11) is 1.68. The van der Waals surface area contributed by atoms with E-state index in [0.717, 1.165) is 24.8 Å². The summed E-state index contributed by atoms with van der Waals surface area (Å²) in [5, 5.41) is 8.57. The number of fused-ring (bicyclic) bond motifs is 1. The number of benzene rings is 1. The fourth-order valence-electron chi connectivity index (χ4n) is 4.11. The number of rotatable bonds is 6. The average Bonchev–Trinajstić information content (AvgIpc) is 3.20. The summed E-state index contributed by atoms with van der Waals surface area (Å²) in [5.41, 5.74) is 8.47. The Morgan fingerprint density at radius 1 is 1.23 bits per heavy atom. The number of likely N-dealkylation sites (tertiary alicyclic amines) is 1. The van der Waals surface area contributed by atoms with Crippen LogP contribution in [0, 0.1) is 0 Å². The molecule has 0 saturated carbocycles. The normalized spacial score (nSPS) is 23.1. The molecule has 1 aliphatic carbocycles. The molecule has 3 rings (SSSR count). The average molecular weight is 432 g/mol. The number of hydrogen-bond acceptors (Lipinski definition) is 5. The Morgan fingerprint density at radius 2 is 1.94 bits per heavy atom. The van der Waals surface area contributed by atoms with E-state index >= 15 is 0 Å². The molecule has 0 bridgehead atoms. The predicted octanol–water partition coefficient (Wildman–Crippen LogP) is 0.859. The van der Waals surface area contributed by atoms with E-state index in [1.807, 2.05) is 26.0 Å². The molecule has 8 nitrogen and oxygen atoms in total. The summed E-state index contributed by atoms with van der Waals surface area (Å²) in [5.74, 6) is -0.731. The number of carbonyl (C=O) groups is 3. The largest absolute Gasteiger partial charge is 0.347 e. The summed E-state index contributed by atoms with van der Waals surface area (Å²) in [4.78, 5) is 39.1. The van der Waals surface area contributed by atoms with E-state index in [9.17, 15) is 14.4 Å². The lowest BCUT2D eigenvalue weighted by molar-refractivity contribution is -0.139. The van der Waals surface area contributed by atoms with Crippen LogP contribution in [0.4, 0.5) is 0 Å². The lowest BCUT2D eigenvalue weighted by Gasteiger charge is -2.30. The van der Waals surface area contributed by atoms with E-state index in [0.29, 0.717) is 13.0 Å². The van der Waals surface area contributed by atoms with Crippen LogP contribution in [0.2, 0.25) is 0 Å². The third-order valence-electron chi connectivity index (χ3n) is 5.88. The summed E-state index contributed by atoms with van der Waals surface area (Å²) in [6.07, 6.45) is 3.34. The van der Waals surface area contributed by atoms with Crippen LogP contribution < -0.4 is 21.7 Å². The van der Waals surface area contributed by atoms with Gasteiger partial charge in [0.15, 0.2) is 0 Å². The number of hydrogen-bond donors (Lipinski definition) is 4. The van der Waals surface area contributed by atoms with E-state index in [-0.39, 0.29) is 36.3 Å². The fraction of sp³-hybridized carbons (Fsp3) is 0.609. The van der Waals surface area contributed by atoms with Crippen LogP contribution in [0.25, 0.3) is 0 Å². The maximum atomic E-state index is 13.0. The zero-order chi connectivity index (χ0) is 23.0. The number of amides is 3. The molecule has 172 valence electrons. The molecular formula is C23H37N5O3. The highest BCUT2D eigenvalue weighted by Crippen LogP contribution is 2.30. The molecular weight excluding hydrogens is 394 g/mol. The molecule has 1 fully saturated rings. The second kappa shape index (κ2) is 11.8. The Balaban J connectivity index is 0.00000166. The minimum atomic E-state index is -0.606. The maximum Gasteiger partial charge on any atom is 0.243 e. The van der Waals surface area contributed by atoms with Gasteiger partial charge in [0.25, 0.3) is 0 Å². The first-order chi connectivity index (χ1) is 14.9. The van der Waals surface area contributed by atoms with Crippen LogP contribution in [0.1, 0.15) is 57.2 Å². The minimum absolute atomic E-state index is 0.0441. The van der Waals surface area contributed by atoms with Crippen molar-refractivity contribution in [2.45, 2.75) is 70.6 Å². The first-order valence-electron chi connectivity index (χ1n) is 11.3. The lowest BCUT2D eigenvalue weighted by Crippen LogP contribution is -2.51. The van der Waals surface area contributed by atoms with Gasteiger partial charge in [-0.1, -0.05) is 38.1 Å². The standard InChI is InChI=1S/C21H31N5O3.C2H6/c1-13(23-2)20(28)24-11-19(27)26-12-15(22)10-18(26)21(29)25-17-9-5-7-14-6-3-4-8-16(14)17;1-2/h3-4,6,8,13,15,17-18,23H,5,7,9-12,22H2,1-2H3,(H,24,28)(H,25,29);1-2H3. The van der Waals surface area contributed by atoms with Crippen LogP contribution in [0.15, 0.2) is 24.3 Å². The van der Waals surface area contributed by atoms with Crippen molar-refractivity contribution < 1.29 is 14.4 Å². The number of nitrogens with one attached hydrogen (secondary N) is 3. The van der Waals surface area contributed by atoms with Crippen molar-refractivity contribution in [3.63, 3.8) is 0 Å². The first kappa shape index (κ1) is 24.8. The van der Waals surface area contributed by atoms with E-state index < -0.39 is 12.1 Å². The van der Waals surface area contributed by atoms with Gasteiger partial charge in [-0.25, -0.2) is 0 Å². The number of nitrogens with two attached hydrogens (primary N) is 1. The Morgan fingerprint density at radius 3 is 2.65 bits per heavy atom. The molecule has 1 heterocycles. The van der Waals surface area contributed by atoms with Crippen molar-refractivity contribution in [3.05, 3.63) is 35.4 Å². The fourth-order valence-corrected chi connectivity index (χ4v) is 4.11. The highest BCUT2D eigenvalue weighted by molar-refractivity contribution is 5.91. The molecule has 4 unspecified atom stereocenters. The van der Waals surface area contributed by atoms with Gasteiger partial charge in [-0.15, -0.1) is 0 Å². The van der Waals surface area contributed by atoms with Gasteiger partial charge in [0.05, 0.1) is 18.6 Å². The van der Waals surface area contributed by atoms with Gasteiger partial charge in [-0.05, 0) is 50.8 Å². The zero-order valence-corrected chi connectivity index (χ0v) is 19.1. The van der Waals surface area contributed by atoms with Gasteiger partial charge in [0, 0.05) is 12.6 Å². The number of likely N-dealkylation sites (N-methyl/N-ethyl adjacent to an activating group) is 1. The molecule has 0 aromatic heterocycles. The molecule has 1 aromatic rings. The molecule has 8 heteroatoms. The lowest BCUT2D eigenvalue weighted by atomic mass is 9.87. The summed E-state index contributed by atoms with van der Waals surface area (Å²) in [6, 6.07) is 6.87. The number of aryl methyl sites for hydroxylation is 1. The van der Waals surface area contributed by atoms with E-state index in [1.54, 1.807) is 14.0 Å². The molecule has 1 saturated heterocycles. The smallest absolute Gasteiger partial charge is 0.243 e. The van der Waals surface area contributed by atoms with Gasteiger partial charge in [-0.2, -0.15) is 0 Å². The molecule has 0 spiro atoms. The van der Waals surface area contributed by atoms with Gasteiger partial charge in [-0.3, -0.25) is 14.4 Å². The number of nitrogens with zero attached hydrogens (tertiary/aromatic N) is 1. The molecule has 2 aliphatic rings. The minimum Gasteiger partial charge on any atom is -0.347 e. The van der Waals surface area contributed by atoms with Gasteiger partial charge in [0.1, 0.15) is 6.04 Å². The Labute approximate surface area is 185 Å². The molecule has 5 N–H and O–H groups in total. The second-order valence-corrected chi connectivity index (χ2v) is 7.94. The van der Waals surface area contributed by atoms with Crippen molar-refractivity contribution in [2.75, 3.05) is 20.1 Å². The SMILES string of the molecule is CC.CNC(C)C(=O)NCC(=O)N1CC(N)CC1C(=O)NC1CCCc2ccccc21. The van der Waals surface area contributed by atoms with E-state index in [4.69, 9.17) is 5.73 Å². The highest BCUT2D eigenvalue weighted by atomic mass is 16.2. The van der Waals surface area contributed by atoms with Crippen LogP contribution >= 0.6 is 0 Å². The van der Waals surface area contributed by atoms with E-state index in [2.05, 4.69) is 28.1 Å². The van der Waals surface area contributed by atoms with Crippen molar-refractivity contribution in [2.24, 2.45) is 5.73 Å². The third kappa shape index (κ3) is 6.27. The molecule has 0 radical (unpaired) electrons. The van der Waals surface area contributed by atoms with Gasteiger partial charge >= 0.3 is 0 Å². The maximum absolute atomic E-state index is 13.0. The molecule has 3 amide bonds. The monoisotopic (exact) mass is 431 g/mol. The summed E-state index contributed by atoms with van der Waals surface area (Å²) < 4.78 is 0. The third-order valence-corrected chi connectivity index (χ3v) is 5.88. The Hall–Kier alpha value is -2.45. The van der Waals surface area contributed by atoms with E-state index in [1.165, 1.54) is 10.5 Å². The Kier molecular flexibility index (Phi) is 9.45. The molecule has 31 heavy (non-hydrogen) atoms. The topological polar surface area (TPSA) is 117 Å². The molecule has 1 aliphatic heterocycles. The predicted molar refractivity (Wildman–Crippen MR) is 121 cm³/mol. The van der Waals surface area contributed by atoms with Crippen molar-refractivity contribution in [1.29, 1.82) is 0 Å². The Bertz CT molecular complexity index is 769. The van der Waals surface area contributed by atoms with Gasteiger partial charge in [0.2, 0.25) is 17.7 Å². The molecule has 4 atom stereocenters. The van der Waals surface area contributed by atoms with Gasteiger partial charge < -0.3 is 26.6 Å². The zero-order valence-electron chi connectivity index (χ0n) is 19.1. The summed E-state index contributed by atoms with van der Waals surface area (Å²) >= 11 is 0. The molecule has 1 aromatic carbocycles. The van der Waals surface area contributed by atoms with Crippen molar-refractivity contribution in [1.82, 2.24) is 20.9 Å². The van der Waals surface area contributed by atoms with Crippen LogP contribution in [-0.4, -0.2) is 60.9 Å². The highest BCUT2D eigenvalue weighted by Gasteiger charge is 2.39. The quantitative estimate of drug-likeness (QED) is 0.533. The van der Waals surface area contributed by atoms with Crippen molar-refractivity contribution in [3.8, 4) is 0 Å². The van der Waals surface area contributed by atoms with Crippen LogP contribution in [0.3, 0.4) is 0 Å².